The van der Waals surface area contributed by atoms with Gasteiger partial charge in [-0.15, -0.1) is 23.1 Å². The van der Waals surface area contributed by atoms with Crippen molar-refractivity contribution in [2.24, 2.45) is 12.2 Å². The molecule has 0 saturated carbocycles. The van der Waals surface area contributed by atoms with Crippen molar-refractivity contribution < 1.29 is 43.6 Å². The van der Waals surface area contributed by atoms with Gasteiger partial charge in [0.2, 0.25) is 0 Å². The van der Waals surface area contributed by atoms with Crippen LogP contribution in [0.15, 0.2) is 36.6 Å². The number of aromatic amines is 1. The molecule has 222 valence electrons. The molecule has 0 bridgehead atoms. The first-order chi connectivity index (χ1) is 19.1. The number of amides is 2. The molecule has 0 spiro atoms. The third-order valence-electron chi connectivity index (χ3n) is 5.02. The lowest BCUT2D eigenvalue weighted by molar-refractivity contribution is -0.150. The quantitative estimate of drug-likeness (QED) is 0.0386. The van der Waals surface area contributed by atoms with Gasteiger partial charge in [-0.2, -0.15) is 4.98 Å². The number of fused-ring (bicyclic) bond motifs is 1. The van der Waals surface area contributed by atoms with E-state index in [1.807, 2.05) is 0 Å². The molecule has 0 radical (unpaired) electrons. The molecule has 0 aliphatic carbocycles. The Morgan fingerprint density at radius 3 is 2.54 bits per heavy atom. The van der Waals surface area contributed by atoms with Crippen molar-refractivity contribution >= 4 is 71.3 Å². The highest BCUT2D eigenvalue weighted by Gasteiger charge is 2.54. The van der Waals surface area contributed by atoms with Gasteiger partial charge >= 0.3 is 24.9 Å². The second-order valence-corrected chi connectivity index (χ2v) is 11.8. The number of aryl methyl sites for hydroxylation is 1. The molecule has 2 aromatic rings. The minimum absolute atomic E-state index is 0.102. The number of phosphoric acid groups is 1. The van der Waals surface area contributed by atoms with E-state index in [4.69, 9.17) is 29.8 Å². The zero-order valence-electron chi connectivity index (χ0n) is 20.8. The summed E-state index contributed by atoms with van der Waals surface area (Å²) in [4.78, 5) is 95.8. The lowest BCUT2D eigenvalue weighted by Gasteiger charge is -2.49. The molecular weight excluding hydrogens is 631 g/mol. The summed E-state index contributed by atoms with van der Waals surface area (Å²) in [5, 5.41) is 19.6. The third-order valence-corrected chi connectivity index (χ3v) is 8.15. The van der Waals surface area contributed by atoms with Crippen LogP contribution in [0.25, 0.3) is 0 Å². The molecule has 1 fully saturated rings. The molecule has 2 aliphatic heterocycles. The Hall–Kier alpha value is -3.53. The van der Waals surface area contributed by atoms with Gasteiger partial charge < -0.3 is 35.7 Å². The molecule has 8 N–H and O–H groups in total. The molecule has 4 rings (SSSR count). The van der Waals surface area contributed by atoms with E-state index in [1.165, 1.54) is 36.0 Å². The SMILES string of the molecule is CO/N=C(\C(=O)N[C@@H]1C(=O)N2C(C(=O)O)=C(CSc3nc(=O)c(=O)[nH]n3C)CS[C@H]12)c1csc(N)n1.O=P(O)(O)O. The molecule has 4 heterocycles. The van der Waals surface area contributed by atoms with Crippen molar-refractivity contribution in [3.63, 3.8) is 0 Å². The van der Waals surface area contributed by atoms with Crippen LogP contribution in [0.4, 0.5) is 5.13 Å². The number of rotatable bonds is 8. The minimum atomic E-state index is -4.64. The Bertz CT molecular complexity index is 1590. The van der Waals surface area contributed by atoms with Crippen molar-refractivity contribution in [3.8, 4) is 0 Å². The molecule has 41 heavy (non-hydrogen) atoms. The van der Waals surface area contributed by atoms with E-state index in [0.29, 0.717) is 5.57 Å². The van der Waals surface area contributed by atoms with Crippen LogP contribution >= 0.6 is 42.7 Å². The van der Waals surface area contributed by atoms with E-state index in [1.54, 1.807) is 0 Å². The largest absolute Gasteiger partial charge is 0.477 e. The van der Waals surface area contributed by atoms with Gasteiger partial charge in [-0.1, -0.05) is 16.9 Å². The smallest absolute Gasteiger partial charge is 0.466 e. The first kappa shape index (κ1) is 32.0. The number of hydrogen-bond acceptors (Lipinski definition) is 14. The Morgan fingerprint density at radius 1 is 1.32 bits per heavy atom. The molecule has 2 aliphatic rings. The number of nitrogen functional groups attached to an aromatic ring is 1. The maximum Gasteiger partial charge on any atom is 0.466 e. The first-order valence-corrected chi connectivity index (χ1v) is 15.2. The summed E-state index contributed by atoms with van der Waals surface area (Å²) in [7, 11) is -1.90. The number of thioether (sulfide) groups is 2. The maximum absolute atomic E-state index is 12.9. The van der Waals surface area contributed by atoms with E-state index in [0.717, 1.165) is 28.0 Å². The summed E-state index contributed by atoms with van der Waals surface area (Å²) in [6.07, 6.45) is 0. The Morgan fingerprint density at radius 2 is 1.98 bits per heavy atom. The number of thiazole rings is 1. The number of nitrogens with two attached hydrogens (primary N) is 1. The fourth-order valence-corrected chi connectivity index (χ4v) is 6.39. The lowest BCUT2D eigenvalue weighted by atomic mass is 10.0. The fourth-order valence-electron chi connectivity index (χ4n) is 3.44. The number of H-pyrrole nitrogens is 1. The van der Waals surface area contributed by atoms with Crippen LogP contribution < -0.4 is 22.2 Å². The molecule has 2 amide bonds. The monoisotopic (exact) mass is 652 g/mol. The highest BCUT2D eigenvalue weighted by Crippen LogP contribution is 2.41. The number of oxime groups is 1. The Balaban J connectivity index is 0.000000850. The highest BCUT2D eigenvalue weighted by atomic mass is 32.2. The number of carboxylic acids is 1. The third kappa shape index (κ3) is 7.81. The number of hydrogen-bond donors (Lipinski definition) is 7. The molecule has 0 unspecified atom stereocenters. The maximum atomic E-state index is 12.9. The molecule has 2 atom stereocenters. The van der Waals surface area contributed by atoms with Crippen LogP contribution in [-0.2, 0) is 30.8 Å². The van der Waals surface area contributed by atoms with Gasteiger partial charge in [0.1, 0.15) is 29.9 Å². The number of aromatic nitrogens is 4. The van der Waals surface area contributed by atoms with Gasteiger partial charge in [0, 0.05) is 23.9 Å². The molecule has 23 heteroatoms. The predicted octanol–water partition coefficient (Wildman–Crippen LogP) is -2.54. The summed E-state index contributed by atoms with van der Waals surface area (Å²) in [6, 6.07) is -0.995. The molecule has 1 saturated heterocycles. The van der Waals surface area contributed by atoms with E-state index in [2.05, 4.69) is 25.5 Å². The van der Waals surface area contributed by atoms with Gasteiger partial charge in [-0.3, -0.25) is 33.9 Å². The van der Waals surface area contributed by atoms with E-state index >= 15 is 0 Å². The number of carbonyl (C=O) groups is 3. The number of anilines is 1. The lowest BCUT2D eigenvalue weighted by Crippen LogP contribution is -2.71. The van der Waals surface area contributed by atoms with E-state index in [-0.39, 0.29) is 38.9 Å². The summed E-state index contributed by atoms with van der Waals surface area (Å²) < 4.78 is 10.1. The predicted molar refractivity (Wildman–Crippen MR) is 145 cm³/mol. The number of carbonyl (C=O) groups excluding carboxylic acids is 2. The van der Waals surface area contributed by atoms with Gasteiger partial charge in [-0.25, -0.2) is 14.3 Å². The van der Waals surface area contributed by atoms with Gasteiger partial charge in [0.05, 0.1) is 0 Å². The standard InChI is InChI=1S/C18H18N8O7S3.H3O4P/c1-25-18(22-12(28)13(29)23-25)36-4-6-3-34-15-9(14(30)26(15)10(6)16(31)32)21-11(27)8(24-33-2)7-5-35-17(19)20-7;1-5(2,3)4/h5,9,15H,3-4H2,1-2H3,(H2,19,20)(H,21,27)(H,23,29)(H,31,32);(H3,1,2,3,4)/b24-8-;/t9-,15-;/m1./s1. The Kier molecular flexibility index (Phi) is 10.1. The van der Waals surface area contributed by atoms with Crippen LogP contribution in [-0.4, -0.2) is 98.0 Å². The number of nitrogens with zero attached hydrogens (tertiary/aromatic N) is 5. The molecule has 0 aromatic carbocycles. The van der Waals surface area contributed by atoms with Crippen molar-refractivity contribution in [2.75, 3.05) is 24.3 Å². The number of β-lactam (4-membered cyclic amide) rings is 1. The Labute approximate surface area is 240 Å². The second-order valence-electron chi connectivity index (χ2n) is 7.81. The van der Waals surface area contributed by atoms with Crippen molar-refractivity contribution in [1.29, 1.82) is 0 Å². The van der Waals surface area contributed by atoms with Crippen molar-refractivity contribution in [2.45, 2.75) is 16.6 Å². The van der Waals surface area contributed by atoms with Crippen LogP contribution in [0.3, 0.4) is 0 Å². The molecule has 19 nitrogen and oxygen atoms in total. The van der Waals surface area contributed by atoms with E-state index in [9.17, 15) is 29.1 Å². The number of nitrogens with one attached hydrogen (secondary N) is 2. The molecular formula is C18H21N8O11PS3. The van der Waals surface area contributed by atoms with Crippen LogP contribution in [0.2, 0.25) is 0 Å². The van der Waals surface area contributed by atoms with Crippen molar-refractivity contribution in [3.05, 3.63) is 43.1 Å². The zero-order valence-corrected chi connectivity index (χ0v) is 24.1. The normalized spacial score (nSPS) is 18.6. The van der Waals surface area contributed by atoms with Gasteiger partial charge in [-0.05, 0) is 5.57 Å². The van der Waals surface area contributed by atoms with Crippen LogP contribution in [0, 0.1) is 0 Å². The van der Waals surface area contributed by atoms with E-state index < -0.39 is 48.1 Å². The number of carboxylic acid groups (broad SMARTS) is 1. The van der Waals surface area contributed by atoms with Gasteiger partial charge in [0.25, 0.3) is 11.8 Å². The topological polar surface area (TPSA) is 293 Å². The number of aliphatic carboxylic acids is 1. The van der Waals surface area contributed by atoms with Crippen LogP contribution in [0.5, 0.6) is 0 Å². The summed E-state index contributed by atoms with van der Waals surface area (Å²) in [5.74, 6) is -2.30. The average molecular weight is 653 g/mol. The first-order valence-electron chi connectivity index (χ1n) is 10.7. The average Bonchev–Trinajstić information content (AvgIpc) is 3.30. The fraction of sp³-hybridized carbons (Fsp3) is 0.333. The zero-order chi connectivity index (χ0) is 30.6. The molecule has 2 aromatic heterocycles. The summed E-state index contributed by atoms with van der Waals surface area (Å²) in [6.45, 7) is 0. The van der Waals surface area contributed by atoms with Gasteiger partial charge in [0.15, 0.2) is 16.0 Å². The highest BCUT2D eigenvalue weighted by molar-refractivity contribution is 8.01. The second kappa shape index (κ2) is 13.0. The minimum Gasteiger partial charge on any atom is -0.477 e. The summed E-state index contributed by atoms with van der Waals surface area (Å²) in [5.41, 5.74) is 4.00. The van der Waals surface area contributed by atoms with Crippen LogP contribution in [0.1, 0.15) is 5.69 Å². The van der Waals surface area contributed by atoms with Crippen molar-refractivity contribution in [1.82, 2.24) is 30.0 Å². The summed E-state index contributed by atoms with van der Waals surface area (Å²) >= 11 is 3.41.